The van der Waals surface area contributed by atoms with Gasteiger partial charge in [0.2, 0.25) is 0 Å². The summed E-state index contributed by atoms with van der Waals surface area (Å²) in [5.41, 5.74) is 2.70. The van der Waals surface area contributed by atoms with E-state index in [1.807, 2.05) is 39.8 Å². The number of nitrogens with one attached hydrogen (secondary N) is 1. The molecule has 3 nitrogen and oxygen atoms in total. The minimum absolute atomic E-state index is 0.252. The molecule has 0 unspecified atom stereocenters. The summed E-state index contributed by atoms with van der Waals surface area (Å²) in [5, 5.41) is 3.78. The summed E-state index contributed by atoms with van der Waals surface area (Å²) in [6.07, 6.45) is 0. The van der Waals surface area contributed by atoms with Gasteiger partial charge in [0.1, 0.15) is 11.0 Å². The van der Waals surface area contributed by atoms with Gasteiger partial charge in [0.15, 0.2) is 0 Å². The lowest BCUT2D eigenvalue weighted by atomic mass is 10.1. The molecule has 132 valence electrons. The molecule has 0 radical (unpaired) electrons. The molecule has 1 saturated heterocycles. The maximum atomic E-state index is 13.0. The second kappa shape index (κ2) is 11.0. The Morgan fingerprint density at radius 1 is 1.00 bits per heavy atom. The average Bonchev–Trinajstić information content (AvgIpc) is 2.66. The summed E-state index contributed by atoms with van der Waals surface area (Å²) in [5.74, 6) is -0.252. The molecule has 1 N–H and O–H groups in total. The zero-order valence-electron chi connectivity index (χ0n) is 14.9. The number of nitrogens with zero attached hydrogens (tertiary/aromatic N) is 2. The quantitative estimate of drug-likeness (QED) is 0.771. The van der Waals surface area contributed by atoms with Crippen LogP contribution in [0.1, 0.15) is 27.7 Å². The smallest absolute Gasteiger partial charge is 0.131 e. The number of rotatable bonds is 2. The summed E-state index contributed by atoms with van der Waals surface area (Å²) >= 11 is 6.12. The minimum atomic E-state index is -0.252. The predicted octanol–water partition coefficient (Wildman–Crippen LogP) is 5.00. The number of piperazine rings is 1. The third kappa shape index (κ3) is 5.77. The molecule has 0 saturated carbocycles. The van der Waals surface area contributed by atoms with E-state index >= 15 is 0 Å². The fraction of sp³-hybridized carbons (Fsp3) is 0.421. The first-order valence-electron chi connectivity index (χ1n) is 8.61. The zero-order valence-corrected chi connectivity index (χ0v) is 15.7. The Kier molecular flexibility index (Phi) is 9.35. The molecule has 3 rings (SSSR count). The van der Waals surface area contributed by atoms with Crippen LogP contribution in [-0.4, -0.2) is 31.2 Å². The fourth-order valence-electron chi connectivity index (χ4n) is 2.36. The van der Waals surface area contributed by atoms with Gasteiger partial charge >= 0.3 is 0 Å². The molecule has 0 aliphatic carbocycles. The Bertz CT molecular complexity index is 596. The standard InChI is InChI=1S/C15H15ClFN3.2C2H6/c16-15-10-13(20-7-5-18-6-8-20)9-14(19-15)11-1-3-12(17)4-2-11;2*1-2/h1-4,9-10,18H,5-8H2;2*1-2H3. The van der Waals surface area contributed by atoms with Gasteiger partial charge in [0, 0.05) is 37.4 Å². The molecule has 24 heavy (non-hydrogen) atoms. The maximum absolute atomic E-state index is 13.0. The van der Waals surface area contributed by atoms with Crippen LogP contribution in [0.15, 0.2) is 36.4 Å². The number of hydrogen-bond donors (Lipinski definition) is 1. The van der Waals surface area contributed by atoms with E-state index < -0.39 is 0 Å². The molecule has 1 aliphatic rings. The van der Waals surface area contributed by atoms with Crippen LogP contribution in [0, 0.1) is 5.82 Å². The predicted molar refractivity (Wildman–Crippen MR) is 102 cm³/mol. The normalized spacial score (nSPS) is 13.3. The first-order valence-corrected chi connectivity index (χ1v) is 8.99. The second-order valence-corrected chi connectivity index (χ2v) is 5.16. The van der Waals surface area contributed by atoms with Gasteiger partial charge in [0.25, 0.3) is 0 Å². The van der Waals surface area contributed by atoms with E-state index in [9.17, 15) is 4.39 Å². The van der Waals surface area contributed by atoms with Crippen molar-refractivity contribution in [3.8, 4) is 11.3 Å². The van der Waals surface area contributed by atoms with Crippen LogP contribution in [0.25, 0.3) is 11.3 Å². The van der Waals surface area contributed by atoms with Gasteiger partial charge in [0.05, 0.1) is 5.69 Å². The highest BCUT2D eigenvalue weighted by Crippen LogP contribution is 2.26. The van der Waals surface area contributed by atoms with Gasteiger partial charge in [-0.1, -0.05) is 39.3 Å². The molecule has 0 spiro atoms. The van der Waals surface area contributed by atoms with Crippen LogP contribution in [-0.2, 0) is 0 Å². The third-order valence-corrected chi connectivity index (χ3v) is 3.59. The van der Waals surface area contributed by atoms with Crippen LogP contribution >= 0.6 is 11.6 Å². The lowest BCUT2D eigenvalue weighted by Crippen LogP contribution is -2.43. The van der Waals surface area contributed by atoms with Gasteiger partial charge in [-0.3, -0.25) is 0 Å². The Morgan fingerprint density at radius 3 is 2.17 bits per heavy atom. The number of pyridine rings is 1. The second-order valence-electron chi connectivity index (χ2n) is 4.78. The van der Waals surface area contributed by atoms with Crippen molar-refractivity contribution in [2.45, 2.75) is 27.7 Å². The van der Waals surface area contributed by atoms with Gasteiger partial charge in [-0.05, 0) is 36.4 Å². The van der Waals surface area contributed by atoms with Crippen molar-refractivity contribution < 1.29 is 4.39 Å². The van der Waals surface area contributed by atoms with E-state index in [1.54, 1.807) is 12.1 Å². The molecule has 5 heteroatoms. The van der Waals surface area contributed by atoms with E-state index in [4.69, 9.17) is 11.6 Å². The molecule has 0 amide bonds. The van der Waals surface area contributed by atoms with Crippen molar-refractivity contribution in [1.29, 1.82) is 0 Å². The maximum Gasteiger partial charge on any atom is 0.131 e. The van der Waals surface area contributed by atoms with Crippen LogP contribution < -0.4 is 10.2 Å². The monoisotopic (exact) mass is 351 g/mol. The molecule has 2 aromatic rings. The summed E-state index contributed by atoms with van der Waals surface area (Å²) in [6.45, 7) is 11.8. The Morgan fingerprint density at radius 2 is 1.58 bits per heavy atom. The van der Waals surface area contributed by atoms with E-state index in [0.717, 1.165) is 43.1 Å². The van der Waals surface area contributed by atoms with Crippen molar-refractivity contribution >= 4 is 17.3 Å². The number of benzene rings is 1. The Labute approximate surface area is 149 Å². The minimum Gasteiger partial charge on any atom is -0.369 e. The largest absolute Gasteiger partial charge is 0.369 e. The van der Waals surface area contributed by atoms with E-state index in [1.165, 1.54) is 12.1 Å². The summed E-state index contributed by atoms with van der Waals surface area (Å²) < 4.78 is 13.0. The number of hydrogen-bond acceptors (Lipinski definition) is 3. The molecule has 2 heterocycles. The SMILES string of the molecule is CC.CC.Fc1ccc(-c2cc(N3CCNCC3)cc(Cl)n2)cc1. The third-order valence-electron chi connectivity index (χ3n) is 3.40. The number of halogens is 2. The Balaban J connectivity index is 0.000000671. The highest BCUT2D eigenvalue weighted by molar-refractivity contribution is 6.29. The van der Waals surface area contributed by atoms with E-state index in [2.05, 4.69) is 15.2 Å². The first-order chi connectivity index (χ1) is 11.7. The molecule has 1 fully saturated rings. The van der Waals surface area contributed by atoms with Crippen molar-refractivity contribution in [3.63, 3.8) is 0 Å². The van der Waals surface area contributed by atoms with Gasteiger partial charge in [-0.25, -0.2) is 9.37 Å². The van der Waals surface area contributed by atoms with Crippen LogP contribution in [0.4, 0.5) is 10.1 Å². The topological polar surface area (TPSA) is 28.2 Å². The average molecular weight is 352 g/mol. The summed E-state index contributed by atoms with van der Waals surface area (Å²) in [6, 6.07) is 10.2. The highest BCUT2D eigenvalue weighted by Gasteiger charge is 2.13. The molecule has 1 aromatic heterocycles. The molecule has 0 bridgehead atoms. The van der Waals surface area contributed by atoms with Crippen LogP contribution in [0.5, 0.6) is 0 Å². The van der Waals surface area contributed by atoms with Crippen LogP contribution in [0.3, 0.4) is 0 Å². The highest BCUT2D eigenvalue weighted by atomic mass is 35.5. The summed E-state index contributed by atoms with van der Waals surface area (Å²) in [7, 11) is 0. The molecular weight excluding hydrogens is 325 g/mol. The van der Waals surface area contributed by atoms with Crippen molar-refractivity contribution in [1.82, 2.24) is 10.3 Å². The van der Waals surface area contributed by atoms with Crippen molar-refractivity contribution in [2.24, 2.45) is 0 Å². The lowest BCUT2D eigenvalue weighted by Gasteiger charge is -2.29. The summed E-state index contributed by atoms with van der Waals surface area (Å²) in [4.78, 5) is 6.60. The Hall–Kier alpha value is -1.65. The van der Waals surface area contributed by atoms with Gasteiger partial charge in [-0.15, -0.1) is 0 Å². The molecule has 0 atom stereocenters. The lowest BCUT2D eigenvalue weighted by molar-refractivity contribution is 0.589. The van der Waals surface area contributed by atoms with Gasteiger partial charge < -0.3 is 10.2 Å². The van der Waals surface area contributed by atoms with E-state index in [-0.39, 0.29) is 5.82 Å². The van der Waals surface area contributed by atoms with Crippen LogP contribution in [0.2, 0.25) is 5.15 Å². The molecular formula is C19H27ClFN3. The van der Waals surface area contributed by atoms with Crippen molar-refractivity contribution in [2.75, 3.05) is 31.1 Å². The number of anilines is 1. The fourth-order valence-corrected chi connectivity index (χ4v) is 2.56. The number of aromatic nitrogens is 1. The zero-order chi connectivity index (χ0) is 17.9. The van der Waals surface area contributed by atoms with E-state index in [0.29, 0.717) is 5.15 Å². The van der Waals surface area contributed by atoms with Gasteiger partial charge in [-0.2, -0.15) is 0 Å². The molecule has 1 aromatic carbocycles. The first kappa shape index (κ1) is 20.4. The van der Waals surface area contributed by atoms with Crippen molar-refractivity contribution in [3.05, 3.63) is 47.4 Å². The molecule has 1 aliphatic heterocycles.